The van der Waals surface area contributed by atoms with E-state index >= 15 is 0 Å². The van der Waals surface area contributed by atoms with E-state index in [1.807, 2.05) is 0 Å². The smallest absolute Gasteiger partial charge is 0.00199 e. The van der Waals surface area contributed by atoms with Crippen LogP contribution >= 0.6 is 0 Å². The van der Waals surface area contributed by atoms with E-state index in [9.17, 15) is 0 Å². The monoisotopic (exact) mass is 233 g/mol. The lowest BCUT2D eigenvalue weighted by atomic mass is 9.99. The first kappa shape index (κ1) is 14.2. The highest BCUT2D eigenvalue weighted by Gasteiger charge is 2.04. The van der Waals surface area contributed by atoms with Gasteiger partial charge in [-0.15, -0.1) is 0 Å². The minimum atomic E-state index is 0.709. The fraction of sp³-hybridized carbons (Fsp3) is 0.625. The maximum absolute atomic E-state index is 3.53. The van der Waals surface area contributed by atoms with Gasteiger partial charge in [-0.1, -0.05) is 52.0 Å². The third-order valence-electron chi connectivity index (χ3n) is 3.06. The molecule has 0 bridgehead atoms. The molecule has 0 saturated carbocycles. The van der Waals surface area contributed by atoms with Crippen LogP contribution in [-0.4, -0.2) is 13.1 Å². The van der Waals surface area contributed by atoms with Gasteiger partial charge in [0.1, 0.15) is 0 Å². The molecule has 0 saturated heterocycles. The maximum Gasteiger partial charge on any atom is -0.00199 e. The van der Waals surface area contributed by atoms with Crippen molar-refractivity contribution >= 4 is 0 Å². The fourth-order valence-electron chi connectivity index (χ4n) is 2.00. The summed E-state index contributed by atoms with van der Waals surface area (Å²) in [5.41, 5.74) is 2.89. The molecule has 1 rings (SSSR count). The summed E-state index contributed by atoms with van der Waals surface area (Å²) in [6.45, 7) is 11.3. The second-order valence-electron chi connectivity index (χ2n) is 5.53. The van der Waals surface area contributed by atoms with E-state index in [4.69, 9.17) is 0 Å². The van der Waals surface area contributed by atoms with Crippen LogP contribution in [-0.2, 0) is 12.8 Å². The van der Waals surface area contributed by atoms with Crippen molar-refractivity contribution in [2.45, 2.75) is 40.5 Å². The molecule has 1 heteroatoms. The summed E-state index contributed by atoms with van der Waals surface area (Å²) in [6.07, 6.45) is 2.31. The number of aryl methyl sites for hydroxylation is 1. The van der Waals surface area contributed by atoms with Gasteiger partial charge < -0.3 is 5.32 Å². The van der Waals surface area contributed by atoms with Gasteiger partial charge in [-0.05, 0) is 48.9 Å². The van der Waals surface area contributed by atoms with Crippen molar-refractivity contribution in [3.8, 4) is 0 Å². The van der Waals surface area contributed by atoms with Crippen molar-refractivity contribution in [3.63, 3.8) is 0 Å². The highest BCUT2D eigenvalue weighted by atomic mass is 14.9. The Bertz CT molecular complexity index is 300. The van der Waals surface area contributed by atoms with E-state index in [1.165, 1.54) is 17.5 Å². The molecule has 1 nitrogen and oxygen atoms in total. The van der Waals surface area contributed by atoms with Gasteiger partial charge in [-0.25, -0.2) is 0 Å². The van der Waals surface area contributed by atoms with Gasteiger partial charge in [0.15, 0.2) is 0 Å². The molecule has 0 fully saturated rings. The molecule has 1 aromatic carbocycles. The van der Waals surface area contributed by atoms with E-state index in [0.717, 1.165) is 25.4 Å². The predicted octanol–water partition coefficient (Wildman–Crippen LogP) is 3.67. The van der Waals surface area contributed by atoms with Crippen molar-refractivity contribution in [2.24, 2.45) is 11.8 Å². The summed E-state index contributed by atoms with van der Waals surface area (Å²) in [6, 6.07) is 9.06. The molecule has 1 atom stereocenters. The fourth-order valence-corrected chi connectivity index (χ4v) is 2.00. The number of benzene rings is 1. The Morgan fingerprint density at radius 1 is 0.941 bits per heavy atom. The number of hydrogen-bond acceptors (Lipinski definition) is 1. The van der Waals surface area contributed by atoms with Gasteiger partial charge in [0.2, 0.25) is 0 Å². The number of nitrogens with one attached hydrogen (secondary N) is 1. The molecule has 0 heterocycles. The Kier molecular flexibility index (Phi) is 6.28. The molecule has 0 aliphatic rings. The molecule has 0 aliphatic heterocycles. The van der Waals surface area contributed by atoms with Gasteiger partial charge in [-0.2, -0.15) is 0 Å². The van der Waals surface area contributed by atoms with E-state index in [2.05, 4.69) is 57.3 Å². The van der Waals surface area contributed by atoms with Crippen LogP contribution in [0.2, 0.25) is 0 Å². The molecule has 0 spiro atoms. The number of rotatable bonds is 7. The molecule has 0 aliphatic carbocycles. The standard InChI is InChI=1S/C16H27N/c1-5-15-6-8-16(9-7-15)10-14(4)12-17-11-13(2)3/h6-9,13-14,17H,5,10-12H2,1-4H3. The first-order valence-electron chi connectivity index (χ1n) is 6.90. The molecular formula is C16H27N. The Labute approximate surface area is 107 Å². The minimum Gasteiger partial charge on any atom is -0.316 e. The van der Waals surface area contributed by atoms with Gasteiger partial charge in [-0.3, -0.25) is 0 Å². The van der Waals surface area contributed by atoms with Gasteiger partial charge in [0.25, 0.3) is 0 Å². The Hall–Kier alpha value is -0.820. The molecule has 96 valence electrons. The first-order valence-corrected chi connectivity index (χ1v) is 6.90. The lowest BCUT2D eigenvalue weighted by molar-refractivity contribution is 0.473. The van der Waals surface area contributed by atoms with Crippen LogP contribution in [0.4, 0.5) is 0 Å². The molecule has 1 aromatic rings. The summed E-state index contributed by atoms with van der Waals surface area (Å²) in [4.78, 5) is 0. The summed E-state index contributed by atoms with van der Waals surface area (Å²) >= 11 is 0. The summed E-state index contributed by atoms with van der Waals surface area (Å²) in [5, 5.41) is 3.53. The molecule has 0 radical (unpaired) electrons. The lowest BCUT2D eigenvalue weighted by Gasteiger charge is -2.14. The maximum atomic E-state index is 3.53. The Balaban J connectivity index is 2.31. The van der Waals surface area contributed by atoms with Crippen LogP contribution in [0.3, 0.4) is 0 Å². The van der Waals surface area contributed by atoms with E-state index in [1.54, 1.807) is 0 Å². The zero-order valence-corrected chi connectivity index (χ0v) is 11.8. The predicted molar refractivity (Wildman–Crippen MR) is 76.4 cm³/mol. The molecular weight excluding hydrogens is 206 g/mol. The van der Waals surface area contributed by atoms with Crippen molar-refractivity contribution in [3.05, 3.63) is 35.4 Å². The van der Waals surface area contributed by atoms with E-state index in [0.29, 0.717) is 5.92 Å². The normalized spacial score (nSPS) is 13.0. The summed E-state index contributed by atoms with van der Waals surface area (Å²) in [7, 11) is 0. The van der Waals surface area contributed by atoms with Crippen LogP contribution in [0.5, 0.6) is 0 Å². The summed E-state index contributed by atoms with van der Waals surface area (Å²) < 4.78 is 0. The average molecular weight is 233 g/mol. The summed E-state index contributed by atoms with van der Waals surface area (Å²) in [5.74, 6) is 1.45. The molecule has 1 unspecified atom stereocenters. The van der Waals surface area contributed by atoms with Crippen LogP contribution in [0, 0.1) is 11.8 Å². The topological polar surface area (TPSA) is 12.0 Å². The molecule has 17 heavy (non-hydrogen) atoms. The minimum absolute atomic E-state index is 0.709. The van der Waals surface area contributed by atoms with Gasteiger partial charge in [0.05, 0.1) is 0 Å². The van der Waals surface area contributed by atoms with E-state index < -0.39 is 0 Å². The van der Waals surface area contributed by atoms with Crippen molar-refractivity contribution in [1.82, 2.24) is 5.32 Å². The lowest BCUT2D eigenvalue weighted by Crippen LogP contribution is -2.26. The van der Waals surface area contributed by atoms with Crippen molar-refractivity contribution in [1.29, 1.82) is 0 Å². The zero-order valence-electron chi connectivity index (χ0n) is 11.8. The van der Waals surface area contributed by atoms with Crippen molar-refractivity contribution in [2.75, 3.05) is 13.1 Å². The highest BCUT2D eigenvalue weighted by Crippen LogP contribution is 2.10. The third kappa shape index (κ3) is 5.88. The second-order valence-corrected chi connectivity index (χ2v) is 5.53. The second kappa shape index (κ2) is 7.50. The molecule has 0 aromatic heterocycles. The average Bonchev–Trinajstić information content (AvgIpc) is 2.29. The van der Waals surface area contributed by atoms with Gasteiger partial charge >= 0.3 is 0 Å². The van der Waals surface area contributed by atoms with Crippen LogP contribution in [0.15, 0.2) is 24.3 Å². The number of hydrogen-bond donors (Lipinski definition) is 1. The van der Waals surface area contributed by atoms with Crippen LogP contribution in [0.25, 0.3) is 0 Å². The zero-order chi connectivity index (χ0) is 12.7. The molecule has 1 N–H and O–H groups in total. The quantitative estimate of drug-likeness (QED) is 0.757. The first-order chi connectivity index (χ1) is 8.11. The van der Waals surface area contributed by atoms with Crippen molar-refractivity contribution < 1.29 is 0 Å². The van der Waals surface area contributed by atoms with E-state index in [-0.39, 0.29) is 0 Å². The molecule has 0 amide bonds. The SMILES string of the molecule is CCc1ccc(CC(C)CNCC(C)C)cc1. The third-order valence-corrected chi connectivity index (χ3v) is 3.06. The highest BCUT2D eigenvalue weighted by molar-refractivity contribution is 5.22. The van der Waals surface area contributed by atoms with Crippen LogP contribution in [0.1, 0.15) is 38.8 Å². The van der Waals surface area contributed by atoms with Crippen LogP contribution < -0.4 is 5.32 Å². The Morgan fingerprint density at radius 3 is 2.06 bits per heavy atom. The largest absolute Gasteiger partial charge is 0.316 e. The Morgan fingerprint density at radius 2 is 1.53 bits per heavy atom. The van der Waals surface area contributed by atoms with Gasteiger partial charge in [0, 0.05) is 0 Å².